The molecular weight excluding hydrogens is 330 g/mol. The highest BCUT2D eigenvalue weighted by molar-refractivity contribution is 6.11. The number of aryl methyl sites for hydroxylation is 3. The molecule has 26 heavy (non-hydrogen) atoms. The van der Waals surface area contributed by atoms with Crippen molar-refractivity contribution in [1.82, 2.24) is 20.2 Å². The van der Waals surface area contributed by atoms with Crippen molar-refractivity contribution in [2.45, 2.75) is 20.5 Å². The van der Waals surface area contributed by atoms with Crippen LogP contribution in [0.25, 0.3) is 0 Å². The van der Waals surface area contributed by atoms with Crippen molar-refractivity contribution in [3.8, 4) is 5.75 Å². The van der Waals surface area contributed by atoms with Gasteiger partial charge < -0.3 is 9.57 Å². The van der Waals surface area contributed by atoms with Gasteiger partial charge >= 0.3 is 0 Å². The number of aromatic nitrogens is 4. The average molecular weight is 351 g/mol. The zero-order chi connectivity index (χ0) is 18.5. The topological polar surface area (TPSA) is 74.4 Å². The summed E-state index contributed by atoms with van der Waals surface area (Å²) in [6.45, 7) is 4.48. The van der Waals surface area contributed by atoms with Crippen LogP contribution in [0.15, 0.2) is 47.6 Å². The molecule has 1 heterocycles. The lowest BCUT2D eigenvalue weighted by Gasteiger charge is -2.13. The van der Waals surface area contributed by atoms with E-state index in [1.54, 1.807) is 11.7 Å². The van der Waals surface area contributed by atoms with Gasteiger partial charge in [-0.2, -0.15) is 0 Å². The molecule has 1 aromatic heterocycles. The van der Waals surface area contributed by atoms with Crippen molar-refractivity contribution in [3.63, 3.8) is 0 Å². The number of tetrazole rings is 1. The van der Waals surface area contributed by atoms with Gasteiger partial charge in [0.1, 0.15) is 19.5 Å². The van der Waals surface area contributed by atoms with Gasteiger partial charge in [0.15, 0.2) is 5.71 Å². The van der Waals surface area contributed by atoms with Crippen LogP contribution < -0.4 is 4.74 Å². The smallest absolute Gasteiger partial charge is 0.204 e. The van der Waals surface area contributed by atoms with E-state index in [1.807, 2.05) is 44.2 Å². The first-order valence-electron chi connectivity index (χ1n) is 8.22. The molecule has 0 fully saturated rings. The summed E-state index contributed by atoms with van der Waals surface area (Å²) in [5.74, 6) is 1.39. The Morgan fingerprint density at radius 3 is 2.69 bits per heavy atom. The fourth-order valence-electron chi connectivity index (χ4n) is 2.63. The molecule has 0 aliphatic rings. The second kappa shape index (κ2) is 7.77. The molecule has 3 rings (SSSR count). The van der Waals surface area contributed by atoms with Gasteiger partial charge in [-0.3, -0.25) is 0 Å². The zero-order valence-electron chi connectivity index (χ0n) is 15.3. The van der Waals surface area contributed by atoms with E-state index >= 15 is 0 Å². The standard InChI is InChI=1S/C19H21N5O2/c1-13-9-10-14(2)17(11-13)26-12-15-7-5-6-8-16(15)18(21-25-4)19-20-22-23-24(19)3/h5-11H,12H2,1-4H3/b21-18+. The molecule has 0 spiro atoms. The predicted octanol–water partition coefficient (Wildman–Crippen LogP) is 2.80. The number of hydrogen-bond donors (Lipinski definition) is 0. The molecule has 7 nitrogen and oxygen atoms in total. The average Bonchev–Trinajstić information content (AvgIpc) is 3.06. The van der Waals surface area contributed by atoms with E-state index in [4.69, 9.17) is 9.57 Å². The first-order chi connectivity index (χ1) is 12.6. The van der Waals surface area contributed by atoms with E-state index < -0.39 is 0 Å². The summed E-state index contributed by atoms with van der Waals surface area (Å²) in [5, 5.41) is 15.8. The molecule has 0 atom stereocenters. The molecule has 0 radical (unpaired) electrons. The highest BCUT2D eigenvalue weighted by atomic mass is 16.6. The van der Waals surface area contributed by atoms with Crippen LogP contribution in [-0.2, 0) is 18.5 Å². The van der Waals surface area contributed by atoms with E-state index in [2.05, 4.69) is 32.8 Å². The molecule has 0 saturated carbocycles. The van der Waals surface area contributed by atoms with Gasteiger partial charge in [0.2, 0.25) is 5.82 Å². The Labute approximate surface area is 152 Å². The lowest BCUT2D eigenvalue weighted by Crippen LogP contribution is -2.15. The number of hydrogen-bond acceptors (Lipinski definition) is 6. The Morgan fingerprint density at radius 1 is 1.15 bits per heavy atom. The van der Waals surface area contributed by atoms with Gasteiger partial charge in [-0.15, -0.1) is 5.10 Å². The number of oxime groups is 1. The van der Waals surface area contributed by atoms with E-state index in [0.717, 1.165) is 28.0 Å². The monoisotopic (exact) mass is 351 g/mol. The molecule has 3 aromatic rings. The van der Waals surface area contributed by atoms with Gasteiger partial charge in [0, 0.05) is 12.6 Å². The predicted molar refractivity (Wildman–Crippen MR) is 98.1 cm³/mol. The molecule has 0 unspecified atom stereocenters. The number of rotatable bonds is 6. The van der Waals surface area contributed by atoms with E-state index in [1.165, 1.54) is 7.11 Å². The van der Waals surface area contributed by atoms with Crippen molar-refractivity contribution in [1.29, 1.82) is 0 Å². The third kappa shape index (κ3) is 3.72. The fourth-order valence-corrected chi connectivity index (χ4v) is 2.63. The van der Waals surface area contributed by atoms with Crippen LogP contribution in [0.4, 0.5) is 0 Å². The third-order valence-electron chi connectivity index (χ3n) is 4.01. The maximum absolute atomic E-state index is 6.07. The number of nitrogens with zero attached hydrogens (tertiary/aromatic N) is 5. The Balaban J connectivity index is 1.94. The van der Waals surface area contributed by atoms with Crippen molar-refractivity contribution in [2.24, 2.45) is 12.2 Å². The van der Waals surface area contributed by atoms with Crippen LogP contribution >= 0.6 is 0 Å². The summed E-state index contributed by atoms with van der Waals surface area (Å²) in [7, 11) is 3.26. The van der Waals surface area contributed by atoms with Gasteiger partial charge in [-0.05, 0) is 47.0 Å². The van der Waals surface area contributed by atoms with Crippen LogP contribution in [0.5, 0.6) is 5.75 Å². The minimum absolute atomic E-state index is 0.397. The second-order valence-corrected chi connectivity index (χ2v) is 5.96. The highest BCUT2D eigenvalue weighted by Gasteiger charge is 2.18. The molecule has 0 bridgehead atoms. The Kier molecular flexibility index (Phi) is 5.26. The summed E-state index contributed by atoms with van der Waals surface area (Å²) in [6.07, 6.45) is 0. The minimum atomic E-state index is 0.397. The normalized spacial score (nSPS) is 11.5. The van der Waals surface area contributed by atoms with Crippen LogP contribution in [0.1, 0.15) is 28.1 Å². The molecule has 0 N–H and O–H groups in total. The first kappa shape index (κ1) is 17.6. The fraction of sp³-hybridized carbons (Fsp3) is 0.263. The molecule has 0 aliphatic carbocycles. The highest BCUT2D eigenvalue weighted by Crippen LogP contribution is 2.22. The molecular formula is C19H21N5O2. The van der Waals surface area contributed by atoms with E-state index in [9.17, 15) is 0 Å². The zero-order valence-corrected chi connectivity index (χ0v) is 15.3. The SMILES string of the molecule is CO/N=C(\c1ccccc1COc1cc(C)ccc1C)c1nnnn1C. The lowest BCUT2D eigenvalue weighted by atomic mass is 10.0. The second-order valence-electron chi connectivity index (χ2n) is 5.96. The summed E-state index contributed by atoms with van der Waals surface area (Å²) in [5.41, 5.74) is 4.63. The number of benzene rings is 2. The van der Waals surface area contributed by atoms with Crippen LogP contribution in [0, 0.1) is 13.8 Å². The maximum Gasteiger partial charge on any atom is 0.204 e. The van der Waals surface area contributed by atoms with E-state index in [-0.39, 0.29) is 0 Å². The first-order valence-corrected chi connectivity index (χ1v) is 8.22. The van der Waals surface area contributed by atoms with Crippen molar-refractivity contribution < 1.29 is 9.57 Å². The van der Waals surface area contributed by atoms with Crippen molar-refractivity contribution in [3.05, 3.63) is 70.5 Å². The summed E-state index contributed by atoms with van der Waals surface area (Å²) >= 11 is 0. The third-order valence-corrected chi connectivity index (χ3v) is 4.01. The quantitative estimate of drug-likeness (QED) is 0.504. The molecule has 0 aliphatic heterocycles. The van der Waals surface area contributed by atoms with Gasteiger partial charge in [0.05, 0.1) is 0 Å². The molecule has 2 aromatic carbocycles. The van der Waals surface area contributed by atoms with Crippen LogP contribution in [-0.4, -0.2) is 33.0 Å². The molecule has 7 heteroatoms. The minimum Gasteiger partial charge on any atom is -0.489 e. The molecule has 134 valence electrons. The van der Waals surface area contributed by atoms with Crippen LogP contribution in [0.3, 0.4) is 0 Å². The summed E-state index contributed by atoms with van der Waals surface area (Å²) < 4.78 is 7.62. The Hall–Kier alpha value is -3.22. The summed E-state index contributed by atoms with van der Waals surface area (Å²) in [4.78, 5) is 5.03. The maximum atomic E-state index is 6.07. The lowest BCUT2D eigenvalue weighted by molar-refractivity contribution is 0.213. The Morgan fingerprint density at radius 2 is 1.96 bits per heavy atom. The van der Waals surface area contributed by atoms with Gasteiger partial charge in [-0.1, -0.05) is 41.6 Å². The summed E-state index contributed by atoms with van der Waals surface area (Å²) in [6, 6.07) is 14.0. The van der Waals surface area contributed by atoms with Crippen molar-refractivity contribution >= 4 is 5.71 Å². The molecule has 0 saturated heterocycles. The largest absolute Gasteiger partial charge is 0.489 e. The van der Waals surface area contributed by atoms with Crippen LogP contribution in [0.2, 0.25) is 0 Å². The van der Waals surface area contributed by atoms with Crippen molar-refractivity contribution in [2.75, 3.05) is 7.11 Å². The Bertz CT molecular complexity index is 933. The van der Waals surface area contributed by atoms with Gasteiger partial charge in [-0.25, -0.2) is 4.68 Å². The molecule has 0 amide bonds. The number of ether oxygens (including phenoxy) is 1. The van der Waals surface area contributed by atoms with E-state index in [0.29, 0.717) is 18.1 Å². The van der Waals surface area contributed by atoms with Gasteiger partial charge in [0.25, 0.3) is 0 Å².